The largest absolute Gasteiger partial charge is 0.395 e. The van der Waals surface area contributed by atoms with Crippen LogP contribution in [0.5, 0.6) is 0 Å². The summed E-state index contributed by atoms with van der Waals surface area (Å²) >= 11 is 0. The van der Waals surface area contributed by atoms with Crippen molar-refractivity contribution in [3.63, 3.8) is 0 Å². The second-order valence-electron chi connectivity index (χ2n) is 5.15. The van der Waals surface area contributed by atoms with Crippen LogP contribution in [0.25, 0.3) is 0 Å². The maximum atomic E-state index is 12.5. The number of nitrogens with one attached hydrogen (secondary N) is 1. The molecule has 1 amide bonds. The molecule has 0 saturated carbocycles. The lowest BCUT2D eigenvalue weighted by atomic mass is 10.2. The molecule has 1 fully saturated rings. The summed E-state index contributed by atoms with van der Waals surface area (Å²) in [5.41, 5.74) is 0.837. The van der Waals surface area contributed by atoms with Gasteiger partial charge in [0.15, 0.2) is 0 Å². The molecule has 7 heteroatoms. The number of amides is 1. The Morgan fingerprint density at radius 3 is 2.62 bits per heavy atom. The van der Waals surface area contributed by atoms with Gasteiger partial charge in [0.2, 0.25) is 15.9 Å². The van der Waals surface area contributed by atoms with Crippen molar-refractivity contribution in [1.29, 1.82) is 0 Å². The summed E-state index contributed by atoms with van der Waals surface area (Å²) in [4.78, 5) is 11.1. The van der Waals surface area contributed by atoms with E-state index in [1.165, 1.54) is 11.2 Å². The minimum absolute atomic E-state index is 0.130. The molecule has 0 spiro atoms. The van der Waals surface area contributed by atoms with Gasteiger partial charge in [-0.25, -0.2) is 8.42 Å². The van der Waals surface area contributed by atoms with Crippen LogP contribution in [0.2, 0.25) is 0 Å². The van der Waals surface area contributed by atoms with E-state index in [0.29, 0.717) is 19.5 Å². The third-order valence-corrected chi connectivity index (χ3v) is 5.57. The highest BCUT2D eigenvalue weighted by atomic mass is 32.2. The summed E-state index contributed by atoms with van der Waals surface area (Å²) in [5, 5.41) is 11.9. The molecule has 1 aliphatic rings. The summed E-state index contributed by atoms with van der Waals surface area (Å²) in [6.45, 7) is 2.10. The number of nitrogens with zero attached hydrogens (tertiary/aromatic N) is 1. The van der Waals surface area contributed by atoms with E-state index in [-0.39, 0.29) is 23.5 Å². The minimum atomic E-state index is -3.56. The Morgan fingerprint density at radius 2 is 2.05 bits per heavy atom. The first-order chi connectivity index (χ1) is 9.95. The third-order valence-electron chi connectivity index (χ3n) is 3.61. The van der Waals surface area contributed by atoms with Gasteiger partial charge in [-0.1, -0.05) is 12.1 Å². The fraction of sp³-hybridized carbons (Fsp3) is 0.500. The fourth-order valence-corrected chi connectivity index (χ4v) is 4.13. The number of sulfonamides is 1. The number of carbonyl (C=O) groups is 1. The first kappa shape index (κ1) is 15.9. The maximum absolute atomic E-state index is 12.5. The van der Waals surface area contributed by atoms with Crippen molar-refractivity contribution < 1.29 is 18.3 Å². The van der Waals surface area contributed by atoms with E-state index >= 15 is 0 Å². The maximum Gasteiger partial charge on any atom is 0.243 e. The van der Waals surface area contributed by atoms with E-state index < -0.39 is 10.0 Å². The van der Waals surface area contributed by atoms with Crippen molar-refractivity contribution in [2.75, 3.05) is 13.2 Å². The molecule has 1 heterocycles. The molecule has 6 nitrogen and oxygen atoms in total. The summed E-state index contributed by atoms with van der Waals surface area (Å²) in [7, 11) is -3.56. The number of hydrogen-bond donors (Lipinski definition) is 2. The Labute approximate surface area is 124 Å². The van der Waals surface area contributed by atoms with Gasteiger partial charge in [-0.15, -0.1) is 0 Å². The van der Waals surface area contributed by atoms with E-state index in [1.807, 2.05) is 0 Å². The SMILES string of the molecule is CC(=O)NCc1ccc(S(=O)(=O)N2CCCC2CO)cc1. The number of hydrogen-bond acceptors (Lipinski definition) is 4. The predicted octanol–water partition coefficient (Wildman–Crippen LogP) is 0.468. The monoisotopic (exact) mass is 312 g/mol. The van der Waals surface area contributed by atoms with E-state index in [2.05, 4.69) is 5.32 Å². The lowest BCUT2D eigenvalue weighted by Gasteiger charge is -2.22. The van der Waals surface area contributed by atoms with Gasteiger partial charge in [0.25, 0.3) is 0 Å². The average Bonchev–Trinajstić information content (AvgIpc) is 2.94. The van der Waals surface area contributed by atoms with Gasteiger partial charge >= 0.3 is 0 Å². The zero-order valence-corrected chi connectivity index (χ0v) is 12.8. The summed E-state index contributed by atoms with van der Waals surface area (Å²) < 4.78 is 26.4. The molecule has 1 aromatic rings. The second-order valence-corrected chi connectivity index (χ2v) is 7.04. The van der Waals surface area contributed by atoms with Gasteiger partial charge in [-0.2, -0.15) is 4.31 Å². The van der Waals surface area contributed by atoms with E-state index in [0.717, 1.165) is 12.0 Å². The van der Waals surface area contributed by atoms with Crippen molar-refractivity contribution in [1.82, 2.24) is 9.62 Å². The molecule has 2 rings (SSSR count). The fourth-order valence-electron chi connectivity index (χ4n) is 2.45. The number of carbonyl (C=O) groups excluding carboxylic acids is 1. The van der Waals surface area contributed by atoms with Crippen molar-refractivity contribution in [2.24, 2.45) is 0 Å². The summed E-state index contributed by atoms with van der Waals surface area (Å²) in [6, 6.07) is 6.13. The first-order valence-corrected chi connectivity index (χ1v) is 8.35. The highest BCUT2D eigenvalue weighted by Gasteiger charge is 2.34. The standard InChI is InChI=1S/C14H20N2O4S/c1-11(18)15-9-12-4-6-14(7-5-12)21(19,20)16-8-2-3-13(16)10-17/h4-7,13,17H,2-3,8-10H2,1H3,(H,15,18). The Kier molecular flexibility index (Phi) is 4.97. The van der Waals surface area contributed by atoms with Crippen molar-refractivity contribution in [3.05, 3.63) is 29.8 Å². The Balaban J connectivity index is 2.15. The molecule has 1 unspecified atom stereocenters. The van der Waals surface area contributed by atoms with Crippen molar-refractivity contribution >= 4 is 15.9 Å². The Bertz CT molecular complexity index is 598. The minimum Gasteiger partial charge on any atom is -0.395 e. The van der Waals surface area contributed by atoms with Crippen LogP contribution in [-0.4, -0.2) is 42.9 Å². The average molecular weight is 312 g/mol. The molecule has 1 atom stereocenters. The number of benzene rings is 1. The smallest absolute Gasteiger partial charge is 0.243 e. The molecule has 0 bridgehead atoms. The summed E-state index contributed by atoms with van der Waals surface area (Å²) in [5.74, 6) is -0.130. The molecule has 21 heavy (non-hydrogen) atoms. The van der Waals surface area contributed by atoms with Crippen LogP contribution in [0, 0.1) is 0 Å². The molecule has 116 valence electrons. The number of aliphatic hydroxyl groups is 1. The molecule has 0 aliphatic carbocycles. The van der Waals surface area contributed by atoms with Crippen LogP contribution in [-0.2, 0) is 21.4 Å². The number of aliphatic hydroxyl groups excluding tert-OH is 1. The van der Waals surface area contributed by atoms with Gasteiger partial charge in [-0.05, 0) is 30.5 Å². The molecule has 1 saturated heterocycles. The quantitative estimate of drug-likeness (QED) is 0.827. The van der Waals surface area contributed by atoms with Gasteiger partial charge in [0.1, 0.15) is 0 Å². The lowest BCUT2D eigenvalue weighted by molar-refractivity contribution is -0.119. The van der Waals surface area contributed by atoms with Gasteiger partial charge < -0.3 is 10.4 Å². The highest BCUT2D eigenvalue weighted by molar-refractivity contribution is 7.89. The van der Waals surface area contributed by atoms with Crippen LogP contribution < -0.4 is 5.32 Å². The van der Waals surface area contributed by atoms with E-state index in [4.69, 9.17) is 0 Å². The van der Waals surface area contributed by atoms with E-state index in [9.17, 15) is 18.3 Å². The molecule has 0 aromatic heterocycles. The zero-order valence-electron chi connectivity index (χ0n) is 11.9. The zero-order chi connectivity index (χ0) is 15.5. The summed E-state index contributed by atoms with van der Waals surface area (Å²) in [6.07, 6.45) is 1.46. The normalized spacial score (nSPS) is 19.6. The second kappa shape index (κ2) is 6.55. The van der Waals surface area contributed by atoms with Crippen LogP contribution in [0.3, 0.4) is 0 Å². The molecule has 2 N–H and O–H groups in total. The Hall–Kier alpha value is -1.44. The van der Waals surface area contributed by atoms with Gasteiger partial charge in [0, 0.05) is 26.1 Å². The number of rotatable bonds is 5. The lowest BCUT2D eigenvalue weighted by Crippen LogP contribution is -2.37. The molecule has 1 aliphatic heterocycles. The van der Waals surface area contributed by atoms with Gasteiger partial charge in [-0.3, -0.25) is 4.79 Å². The molecular weight excluding hydrogens is 292 g/mol. The topological polar surface area (TPSA) is 86.7 Å². The van der Waals surface area contributed by atoms with Crippen molar-refractivity contribution in [3.8, 4) is 0 Å². The molecule has 1 aromatic carbocycles. The van der Waals surface area contributed by atoms with Crippen molar-refractivity contribution in [2.45, 2.75) is 37.2 Å². The molecular formula is C14H20N2O4S. The Morgan fingerprint density at radius 1 is 1.38 bits per heavy atom. The highest BCUT2D eigenvalue weighted by Crippen LogP contribution is 2.25. The van der Waals surface area contributed by atoms with Crippen LogP contribution in [0.4, 0.5) is 0 Å². The van der Waals surface area contributed by atoms with E-state index in [1.54, 1.807) is 24.3 Å². The van der Waals surface area contributed by atoms with Crippen LogP contribution in [0.1, 0.15) is 25.3 Å². The molecule has 0 radical (unpaired) electrons. The van der Waals surface area contributed by atoms with Crippen LogP contribution in [0.15, 0.2) is 29.2 Å². The predicted molar refractivity (Wildman–Crippen MR) is 78.0 cm³/mol. The van der Waals surface area contributed by atoms with Gasteiger partial charge in [0.05, 0.1) is 11.5 Å². The first-order valence-electron chi connectivity index (χ1n) is 6.91. The third kappa shape index (κ3) is 3.61. The van der Waals surface area contributed by atoms with Crippen LogP contribution >= 0.6 is 0 Å².